The number of amides is 1. The van der Waals surface area contributed by atoms with Crippen molar-refractivity contribution < 1.29 is 19.4 Å². The Kier molecular flexibility index (Phi) is 5.07. The topological polar surface area (TPSA) is 103 Å². The minimum Gasteiger partial charge on any atom is -0.388 e. The molecule has 0 radical (unpaired) electrons. The molecule has 2 fully saturated rings. The highest BCUT2D eigenvalue weighted by molar-refractivity contribution is 7.08. The van der Waals surface area contributed by atoms with Crippen LogP contribution in [0.3, 0.4) is 0 Å². The maximum Gasteiger partial charge on any atom is 0.251 e. The van der Waals surface area contributed by atoms with Gasteiger partial charge in [-0.3, -0.25) is 9.48 Å². The first-order chi connectivity index (χ1) is 16.4. The van der Waals surface area contributed by atoms with Crippen LogP contribution < -0.4 is 5.32 Å². The van der Waals surface area contributed by atoms with Crippen LogP contribution in [0.4, 0.5) is 0 Å². The molecule has 0 aromatic carbocycles. The van der Waals surface area contributed by atoms with Crippen LogP contribution in [0.2, 0.25) is 0 Å². The van der Waals surface area contributed by atoms with E-state index in [9.17, 15) is 9.90 Å². The highest BCUT2D eigenvalue weighted by Crippen LogP contribution is 2.37. The van der Waals surface area contributed by atoms with Gasteiger partial charge in [0.25, 0.3) is 5.91 Å². The van der Waals surface area contributed by atoms with Gasteiger partial charge in [0.15, 0.2) is 0 Å². The summed E-state index contributed by atoms with van der Waals surface area (Å²) in [4.78, 5) is 17.9. The van der Waals surface area contributed by atoms with Crippen molar-refractivity contribution in [3.63, 3.8) is 0 Å². The quantitative estimate of drug-likeness (QED) is 0.466. The molecule has 0 aliphatic carbocycles. The average Bonchev–Trinajstić information content (AvgIpc) is 3.61. The fourth-order valence-corrected chi connectivity index (χ4v) is 5.80. The molecule has 0 saturated carbocycles. The molecule has 2 aliphatic rings. The third kappa shape index (κ3) is 3.37. The van der Waals surface area contributed by atoms with Gasteiger partial charge in [-0.05, 0) is 31.4 Å². The van der Waals surface area contributed by atoms with Crippen molar-refractivity contribution in [2.24, 2.45) is 7.05 Å². The molecular weight excluding hydrogens is 454 g/mol. The van der Waals surface area contributed by atoms with Crippen molar-refractivity contribution in [3.8, 4) is 22.4 Å². The fraction of sp³-hybridized carbons (Fsp3) is 0.375. The van der Waals surface area contributed by atoms with Crippen LogP contribution >= 0.6 is 11.3 Å². The number of pyridine rings is 1. The van der Waals surface area contributed by atoms with Gasteiger partial charge in [-0.25, -0.2) is 4.98 Å². The van der Waals surface area contributed by atoms with E-state index >= 15 is 0 Å². The molecule has 0 bridgehead atoms. The molecule has 2 aliphatic heterocycles. The van der Waals surface area contributed by atoms with Gasteiger partial charge in [0, 0.05) is 52.8 Å². The predicted octanol–water partition coefficient (Wildman–Crippen LogP) is 2.34. The number of carbonyl (C=O) groups excluding carboxylic acids is 1. The lowest BCUT2D eigenvalue weighted by atomic mass is 10.0. The van der Waals surface area contributed by atoms with Gasteiger partial charge in [-0.1, -0.05) is 0 Å². The number of hydrogen-bond donors (Lipinski definition) is 2. The fourth-order valence-electron chi connectivity index (χ4n) is 4.97. The van der Waals surface area contributed by atoms with Gasteiger partial charge in [0.2, 0.25) is 0 Å². The lowest BCUT2D eigenvalue weighted by molar-refractivity contribution is 0.0178. The van der Waals surface area contributed by atoms with E-state index in [0.29, 0.717) is 17.8 Å². The first-order valence-electron chi connectivity index (χ1n) is 11.2. The monoisotopic (exact) mass is 479 g/mol. The maximum atomic E-state index is 13.0. The Hall–Kier alpha value is -3.05. The second-order valence-corrected chi connectivity index (χ2v) is 9.68. The number of aryl methyl sites for hydroxylation is 3. The molecule has 0 spiro atoms. The van der Waals surface area contributed by atoms with Crippen LogP contribution in [0.15, 0.2) is 35.3 Å². The number of ether oxygens (including phenoxy) is 2. The van der Waals surface area contributed by atoms with Crippen LogP contribution in [-0.2, 0) is 16.5 Å². The minimum atomic E-state index is -0.646. The molecule has 34 heavy (non-hydrogen) atoms. The van der Waals surface area contributed by atoms with Crippen molar-refractivity contribution >= 4 is 22.9 Å². The molecule has 0 unspecified atom stereocenters. The van der Waals surface area contributed by atoms with Crippen molar-refractivity contribution in [2.45, 2.75) is 38.2 Å². The van der Waals surface area contributed by atoms with E-state index in [1.165, 1.54) is 0 Å². The standard InChI is InChI=1S/C24H25N5O4S/c1-12-15(7-28(3)27-12)16-10-34-11-17(16)21-13(2)29-5-4-14(6-20(29)26-21)24(31)25-18-8-32-23-19(30)9-33-22(18)23/h4-7,10-11,18-19,22-23,30H,8-9H2,1-3H3,(H,25,31)/t18-,19-,22-,23-/m1/s1. The summed E-state index contributed by atoms with van der Waals surface area (Å²) in [5.41, 5.74) is 7.33. The Labute approximate surface area is 200 Å². The number of thiophene rings is 1. The van der Waals surface area contributed by atoms with Gasteiger partial charge in [-0.2, -0.15) is 16.4 Å². The third-order valence-electron chi connectivity index (χ3n) is 6.69. The van der Waals surface area contributed by atoms with E-state index in [4.69, 9.17) is 14.5 Å². The van der Waals surface area contributed by atoms with E-state index in [-0.39, 0.29) is 30.8 Å². The minimum absolute atomic E-state index is 0.217. The van der Waals surface area contributed by atoms with Gasteiger partial charge in [-0.15, -0.1) is 0 Å². The highest BCUT2D eigenvalue weighted by atomic mass is 32.1. The molecule has 4 aromatic rings. The zero-order valence-corrected chi connectivity index (χ0v) is 19.9. The molecule has 2 saturated heterocycles. The molecule has 2 N–H and O–H groups in total. The first-order valence-corrected chi connectivity index (χ1v) is 12.1. The van der Waals surface area contributed by atoms with E-state index in [1.54, 1.807) is 23.5 Å². The SMILES string of the molecule is Cc1nn(C)cc1-c1cscc1-c1nc2cc(C(=O)N[C@@H]3CO[C@H]4[C@@H]3OC[C@H]4O)ccn2c1C. The molecule has 1 amide bonds. The van der Waals surface area contributed by atoms with Crippen LogP contribution in [0.25, 0.3) is 28.0 Å². The Morgan fingerprint density at radius 2 is 1.97 bits per heavy atom. The van der Waals surface area contributed by atoms with E-state index in [0.717, 1.165) is 33.8 Å². The van der Waals surface area contributed by atoms with E-state index < -0.39 is 6.10 Å². The zero-order valence-electron chi connectivity index (χ0n) is 19.1. The summed E-state index contributed by atoms with van der Waals surface area (Å²) in [5.74, 6) is -0.217. The maximum absolute atomic E-state index is 13.0. The van der Waals surface area contributed by atoms with Crippen LogP contribution in [0.5, 0.6) is 0 Å². The molecule has 6 rings (SSSR count). The number of aromatic nitrogens is 4. The van der Waals surface area contributed by atoms with Crippen LogP contribution in [0.1, 0.15) is 21.7 Å². The number of hydrogen-bond acceptors (Lipinski definition) is 7. The Bertz CT molecular complexity index is 1410. The lowest BCUT2D eigenvalue weighted by Gasteiger charge is -2.17. The zero-order chi connectivity index (χ0) is 23.6. The van der Waals surface area contributed by atoms with E-state index in [2.05, 4.69) is 21.2 Å². The second kappa shape index (κ2) is 8.02. The van der Waals surface area contributed by atoms with Gasteiger partial charge >= 0.3 is 0 Å². The number of rotatable bonds is 4. The predicted molar refractivity (Wildman–Crippen MR) is 127 cm³/mol. The van der Waals surface area contributed by atoms with Crippen molar-refractivity contribution in [1.82, 2.24) is 24.5 Å². The van der Waals surface area contributed by atoms with Gasteiger partial charge < -0.3 is 24.3 Å². The molecular formula is C24H25N5O4S. The van der Waals surface area contributed by atoms with Crippen molar-refractivity contribution in [2.75, 3.05) is 13.2 Å². The Morgan fingerprint density at radius 1 is 1.18 bits per heavy atom. The summed E-state index contributed by atoms with van der Waals surface area (Å²) < 4.78 is 15.0. The molecule has 10 heteroatoms. The molecule has 4 atom stereocenters. The number of nitrogens with one attached hydrogen (secondary N) is 1. The highest BCUT2D eigenvalue weighted by Gasteiger charge is 2.47. The Morgan fingerprint density at radius 3 is 2.76 bits per heavy atom. The van der Waals surface area contributed by atoms with Crippen LogP contribution in [-0.4, -0.2) is 67.7 Å². The Balaban J connectivity index is 1.30. The number of carbonyl (C=O) groups is 1. The molecule has 4 aromatic heterocycles. The number of imidazole rings is 1. The van der Waals surface area contributed by atoms with Gasteiger partial charge in [0.1, 0.15) is 24.0 Å². The summed E-state index contributed by atoms with van der Waals surface area (Å²) in [6.45, 7) is 4.59. The third-order valence-corrected chi connectivity index (χ3v) is 7.44. The summed E-state index contributed by atoms with van der Waals surface area (Å²) >= 11 is 1.63. The molecule has 6 heterocycles. The summed E-state index contributed by atoms with van der Waals surface area (Å²) in [5, 5.41) is 21.6. The summed E-state index contributed by atoms with van der Waals surface area (Å²) in [6, 6.07) is 3.29. The molecule has 176 valence electrons. The normalized spacial score (nSPS) is 24.1. The van der Waals surface area contributed by atoms with E-state index in [1.807, 2.05) is 42.4 Å². The van der Waals surface area contributed by atoms with Crippen molar-refractivity contribution in [3.05, 3.63) is 52.2 Å². The largest absolute Gasteiger partial charge is 0.388 e. The average molecular weight is 480 g/mol. The van der Waals surface area contributed by atoms with Crippen LogP contribution in [0, 0.1) is 13.8 Å². The summed E-state index contributed by atoms with van der Waals surface area (Å²) in [6.07, 6.45) is 2.55. The van der Waals surface area contributed by atoms with Gasteiger partial charge in [0.05, 0.1) is 30.6 Å². The molecule has 9 nitrogen and oxygen atoms in total. The summed E-state index contributed by atoms with van der Waals surface area (Å²) in [7, 11) is 1.92. The smallest absolute Gasteiger partial charge is 0.251 e. The second-order valence-electron chi connectivity index (χ2n) is 8.93. The number of fused-ring (bicyclic) bond motifs is 2. The number of aliphatic hydroxyl groups is 1. The lowest BCUT2D eigenvalue weighted by Crippen LogP contribution is -2.44. The number of aliphatic hydroxyl groups excluding tert-OH is 1. The van der Waals surface area contributed by atoms with Crippen molar-refractivity contribution in [1.29, 1.82) is 0 Å². The number of nitrogens with zero attached hydrogens (tertiary/aromatic N) is 4. The first kappa shape index (κ1) is 21.5.